The van der Waals surface area contributed by atoms with Gasteiger partial charge in [-0.05, 0) is 55.0 Å². The second-order valence-electron chi connectivity index (χ2n) is 8.74. The largest absolute Gasteiger partial charge is 0.336 e. The Morgan fingerprint density at radius 3 is 2.26 bits per heavy atom. The topological polar surface area (TPSA) is 40.6 Å². The average molecular weight is 419 g/mol. The highest BCUT2D eigenvalue weighted by atomic mass is 19.1. The van der Waals surface area contributed by atoms with Crippen LogP contribution in [0.1, 0.15) is 56.1 Å². The first-order valence-corrected chi connectivity index (χ1v) is 11.4. The third-order valence-electron chi connectivity index (χ3n) is 6.79. The third-order valence-corrected chi connectivity index (χ3v) is 6.79. The first kappa shape index (κ1) is 20.0. The maximum absolute atomic E-state index is 13.8. The molecule has 4 nitrogen and oxygen atoms in total. The normalized spacial score (nSPS) is 20.3. The fourth-order valence-electron chi connectivity index (χ4n) is 5.28. The number of carbonyl (C=O) groups excluding carboxylic acids is 2. The van der Waals surface area contributed by atoms with Crippen LogP contribution in [-0.2, 0) is 16.0 Å². The van der Waals surface area contributed by atoms with E-state index in [0.717, 1.165) is 57.1 Å². The number of para-hydroxylation sites is 1. The molecule has 2 aliphatic heterocycles. The molecule has 0 radical (unpaired) electrons. The van der Waals surface area contributed by atoms with E-state index in [1.54, 1.807) is 12.1 Å². The predicted octanol–water partition coefficient (Wildman–Crippen LogP) is 5.08. The monoisotopic (exact) mass is 418 g/mol. The molecular formula is C26H27FN2O2. The number of benzene rings is 2. The van der Waals surface area contributed by atoms with Crippen LogP contribution in [0.4, 0.5) is 10.1 Å². The molecule has 2 aromatic carbocycles. The molecule has 1 saturated carbocycles. The van der Waals surface area contributed by atoms with Crippen LogP contribution in [0.5, 0.6) is 0 Å². The minimum absolute atomic E-state index is 0.0597. The second-order valence-corrected chi connectivity index (χ2v) is 8.74. The van der Waals surface area contributed by atoms with Gasteiger partial charge in [-0.2, -0.15) is 0 Å². The number of hydrogen-bond donors (Lipinski definition) is 0. The van der Waals surface area contributed by atoms with E-state index in [0.29, 0.717) is 23.4 Å². The van der Waals surface area contributed by atoms with Crippen molar-refractivity contribution in [3.05, 3.63) is 71.2 Å². The lowest BCUT2D eigenvalue weighted by Gasteiger charge is -2.33. The van der Waals surface area contributed by atoms with E-state index in [1.165, 1.54) is 22.6 Å². The summed E-state index contributed by atoms with van der Waals surface area (Å²) in [4.78, 5) is 31.1. The Morgan fingerprint density at radius 2 is 1.52 bits per heavy atom. The van der Waals surface area contributed by atoms with Crippen molar-refractivity contribution in [1.82, 2.24) is 4.90 Å². The molecule has 0 N–H and O–H groups in total. The summed E-state index contributed by atoms with van der Waals surface area (Å²) in [5.41, 5.74) is 3.65. The van der Waals surface area contributed by atoms with Gasteiger partial charge in [-0.25, -0.2) is 4.39 Å². The zero-order valence-electron chi connectivity index (χ0n) is 17.6. The van der Waals surface area contributed by atoms with E-state index in [1.807, 2.05) is 23.1 Å². The number of amides is 2. The van der Waals surface area contributed by atoms with Crippen molar-refractivity contribution in [1.29, 1.82) is 0 Å². The van der Waals surface area contributed by atoms with E-state index >= 15 is 0 Å². The van der Waals surface area contributed by atoms with E-state index in [-0.39, 0.29) is 23.7 Å². The predicted molar refractivity (Wildman–Crippen MR) is 119 cm³/mol. The van der Waals surface area contributed by atoms with Gasteiger partial charge in [-0.3, -0.25) is 14.5 Å². The highest BCUT2D eigenvalue weighted by Crippen LogP contribution is 2.40. The average Bonchev–Trinajstić information content (AvgIpc) is 2.95. The molecule has 2 heterocycles. The Morgan fingerprint density at radius 1 is 0.806 bits per heavy atom. The van der Waals surface area contributed by atoms with Crippen molar-refractivity contribution in [2.24, 2.45) is 0 Å². The van der Waals surface area contributed by atoms with Crippen LogP contribution in [-0.4, -0.2) is 29.3 Å². The molecule has 0 spiro atoms. The lowest BCUT2D eigenvalue weighted by Crippen LogP contribution is -2.43. The number of fused-ring (bicyclic) bond motifs is 1. The smallest absolute Gasteiger partial charge is 0.278 e. The summed E-state index contributed by atoms with van der Waals surface area (Å²) >= 11 is 0. The number of nitrogens with zero attached hydrogens (tertiary/aromatic N) is 2. The number of halogens is 1. The van der Waals surface area contributed by atoms with Crippen molar-refractivity contribution >= 4 is 23.1 Å². The third kappa shape index (κ3) is 3.56. The van der Waals surface area contributed by atoms with Gasteiger partial charge in [0.1, 0.15) is 11.5 Å². The van der Waals surface area contributed by atoms with Crippen LogP contribution < -0.4 is 4.90 Å². The van der Waals surface area contributed by atoms with Gasteiger partial charge in [0.25, 0.3) is 11.8 Å². The highest BCUT2D eigenvalue weighted by Gasteiger charge is 2.45. The summed E-state index contributed by atoms with van der Waals surface area (Å²) in [6.45, 7) is 0.689. The van der Waals surface area contributed by atoms with Gasteiger partial charge in [0.2, 0.25) is 0 Å². The van der Waals surface area contributed by atoms with Crippen molar-refractivity contribution < 1.29 is 14.0 Å². The van der Waals surface area contributed by atoms with Crippen molar-refractivity contribution in [3.8, 4) is 0 Å². The summed E-state index contributed by atoms with van der Waals surface area (Å²) < 4.78 is 13.6. The Labute approximate surface area is 182 Å². The Balaban J connectivity index is 1.63. The maximum Gasteiger partial charge on any atom is 0.278 e. The van der Waals surface area contributed by atoms with E-state index in [9.17, 15) is 14.0 Å². The molecular weight excluding hydrogens is 391 g/mol. The van der Waals surface area contributed by atoms with Crippen molar-refractivity contribution in [2.45, 2.75) is 57.4 Å². The Hall–Kier alpha value is -2.95. The van der Waals surface area contributed by atoms with E-state index in [4.69, 9.17) is 0 Å². The first-order chi connectivity index (χ1) is 15.1. The molecule has 3 aliphatic rings. The lowest BCUT2D eigenvalue weighted by molar-refractivity contribution is -0.139. The Kier molecular flexibility index (Phi) is 5.34. The minimum atomic E-state index is -0.355. The number of imide groups is 1. The number of hydrogen-bond acceptors (Lipinski definition) is 3. The van der Waals surface area contributed by atoms with Gasteiger partial charge in [-0.1, -0.05) is 56.0 Å². The zero-order chi connectivity index (χ0) is 21.4. The molecule has 2 amide bonds. The van der Waals surface area contributed by atoms with Gasteiger partial charge in [0, 0.05) is 18.3 Å². The zero-order valence-corrected chi connectivity index (χ0v) is 17.6. The summed E-state index contributed by atoms with van der Waals surface area (Å²) in [6.07, 6.45) is 7.97. The van der Waals surface area contributed by atoms with Crippen molar-refractivity contribution in [3.63, 3.8) is 0 Å². The second kappa shape index (κ2) is 8.29. The summed E-state index contributed by atoms with van der Waals surface area (Å²) in [7, 11) is 0. The fraction of sp³-hybridized carbons (Fsp3) is 0.385. The number of anilines is 1. The number of carbonyl (C=O) groups is 2. The number of rotatable bonds is 3. The summed E-state index contributed by atoms with van der Waals surface area (Å²) in [5.74, 6) is -0.791. The molecule has 1 aliphatic carbocycles. The summed E-state index contributed by atoms with van der Waals surface area (Å²) in [5, 5.41) is 0. The van der Waals surface area contributed by atoms with Gasteiger partial charge in [-0.15, -0.1) is 0 Å². The van der Waals surface area contributed by atoms with E-state index in [2.05, 4.69) is 6.07 Å². The molecule has 2 aromatic rings. The van der Waals surface area contributed by atoms with Gasteiger partial charge >= 0.3 is 0 Å². The maximum atomic E-state index is 13.8. The van der Waals surface area contributed by atoms with E-state index < -0.39 is 0 Å². The van der Waals surface area contributed by atoms with Gasteiger partial charge in [0.05, 0.1) is 5.57 Å². The summed E-state index contributed by atoms with van der Waals surface area (Å²) in [6, 6.07) is 14.0. The molecule has 0 atom stereocenters. The van der Waals surface area contributed by atoms with Gasteiger partial charge < -0.3 is 4.90 Å². The molecule has 1 fully saturated rings. The number of aryl methyl sites for hydroxylation is 1. The quantitative estimate of drug-likeness (QED) is 0.515. The van der Waals surface area contributed by atoms with Crippen LogP contribution >= 0.6 is 0 Å². The highest BCUT2D eigenvalue weighted by molar-refractivity contribution is 6.37. The molecule has 160 valence electrons. The van der Waals surface area contributed by atoms with Crippen LogP contribution in [0, 0.1) is 5.82 Å². The SMILES string of the molecule is O=C1C(c2ccc(F)cc2)=C(N2CCCc3ccccc32)C(=O)N1C1CCCCCC1. The molecule has 0 saturated heterocycles. The van der Waals surface area contributed by atoms with Crippen LogP contribution in [0.3, 0.4) is 0 Å². The Bertz CT molecular complexity index is 1040. The van der Waals surface area contributed by atoms with Crippen LogP contribution in [0.25, 0.3) is 5.57 Å². The standard InChI is InChI=1S/C26H27FN2O2/c27-20-15-13-19(14-16-20)23-24(28-17-7-9-18-8-5-6-12-22(18)28)26(31)29(25(23)30)21-10-3-1-2-4-11-21/h5-6,8,12-16,21H,1-4,7,9-11,17H2. The molecule has 0 aromatic heterocycles. The lowest BCUT2D eigenvalue weighted by atomic mass is 9.98. The molecule has 0 bridgehead atoms. The van der Waals surface area contributed by atoms with Gasteiger partial charge in [0.15, 0.2) is 0 Å². The van der Waals surface area contributed by atoms with Crippen LogP contribution in [0.2, 0.25) is 0 Å². The van der Waals surface area contributed by atoms with Crippen molar-refractivity contribution in [2.75, 3.05) is 11.4 Å². The minimum Gasteiger partial charge on any atom is -0.336 e. The molecule has 31 heavy (non-hydrogen) atoms. The molecule has 5 rings (SSSR count). The molecule has 5 heteroatoms. The first-order valence-electron chi connectivity index (χ1n) is 11.4. The van der Waals surface area contributed by atoms with Crippen LogP contribution in [0.15, 0.2) is 54.2 Å². The fourth-order valence-corrected chi connectivity index (χ4v) is 5.28. The molecule has 0 unspecified atom stereocenters.